The number of carbonyl (C=O) groups excluding carboxylic acids is 1. The maximum absolute atomic E-state index is 12.0. The number of rotatable bonds is 6. The number of carbonyl (C=O) groups is 1. The second-order valence-electron chi connectivity index (χ2n) is 5.59. The largest absolute Gasteiger partial charge is 0.361 e. The smallest absolute Gasteiger partial charge is 0.224 e. The molecule has 0 radical (unpaired) electrons. The van der Waals surface area contributed by atoms with Crippen LogP contribution in [0.1, 0.15) is 22.7 Å². The van der Waals surface area contributed by atoms with Crippen LogP contribution in [0.3, 0.4) is 0 Å². The first-order valence-electron chi connectivity index (χ1n) is 7.82. The third kappa shape index (κ3) is 3.89. The van der Waals surface area contributed by atoms with Gasteiger partial charge in [-0.15, -0.1) is 11.3 Å². The average Bonchev–Trinajstić information content (AvgIpc) is 3.18. The monoisotopic (exact) mass is 341 g/mol. The molecule has 1 amide bonds. The van der Waals surface area contributed by atoms with E-state index >= 15 is 0 Å². The second kappa shape index (κ2) is 7.40. The van der Waals surface area contributed by atoms with Crippen LogP contribution < -0.4 is 5.32 Å². The van der Waals surface area contributed by atoms with Crippen molar-refractivity contribution in [1.29, 1.82) is 0 Å². The molecule has 0 bridgehead atoms. The highest BCUT2D eigenvalue weighted by Gasteiger charge is 2.13. The molecule has 5 nitrogen and oxygen atoms in total. The summed E-state index contributed by atoms with van der Waals surface area (Å²) in [6, 6.07) is 10.1. The van der Waals surface area contributed by atoms with Crippen molar-refractivity contribution in [2.75, 3.05) is 6.54 Å². The van der Waals surface area contributed by atoms with Gasteiger partial charge in [0, 0.05) is 29.5 Å². The molecule has 2 heterocycles. The Morgan fingerprint density at radius 1 is 1.25 bits per heavy atom. The fourth-order valence-corrected chi connectivity index (χ4v) is 3.30. The highest BCUT2D eigenvalue weighted by atomic mass is 32.1. The van der Waals surface area contributed by atoms with Crippen LogP contribution in [0, 0.1) is 13.8 Å². The Morgan fingerprint density at radius 3 is 2.75 bits per heavy atom. The van der Waals surface area contributed by atoms with E-state index in [2.05, 4.69) is 15.5 Å². The maximum Gasteiger partial charge on any atom is 0.224 e. The molecule has 1 aromatic carbocycles. The first kappa shape index (κ1) is 16.4. The van der Waals surface area contributed by atoms with Crippen molar-refractivity contribution < 1.29 is 9.32 Å². The van der Waals surface area contributed by atoms with Gasteiger partial charge in [-0.3, -0.25) is 4.79 Å². The maximum atomic E-state index is 12.0. The van der Waals surface area contributed by atoms with E-state index in [4.69, 9.17) is 4.52 Å². The number of nitrogens with zero attached hydrogens (tertiary/aromatic N) is 2. The standard InChI is InChI=1S/C18H19N3O2S/c1-12-16(13(2)23-21-12)10-17(22)19-9-8-15-11-24-18(20-15)14-6-4-3-5-7-14/h3-7,11H,8-10H2,1-2H3,(H,19,22). The van der Waals surface area contributed by atoms with Crippen molar-refractivity contribution >= 4 is 17.2 Å². The Bertz CT molecular complexity index is 804. The summed E-state index contributed by atoms with van der Waals surface area (Å²) in [6.07, 6.45) is 1.02. The summed E-state index contributed by atoms with van der Waals surface area (Å²) in [4.78, 5) is 16.7. The van der Waals surface area contributed by atoms with Crippen LogP contribution in [0.5, 0.6) is 0 Å². The van der Waals surface area contributed by atoms with Gasteiger partial charge in [0.2, 0.25) is 5.91 Å². The lowest BCUT2D eigenvalue weighted by Crippen LogP contribution is -2.27. The number of hydrogen-bond donors (Lipinski definition) is 1. The van der Waals surface area contributed by atoms with Gasteiger partial charge in [0.15, 0.2) is 0 Å². The van der Waals surface area contributed by atoms with Crippen molar-refractivity contribution in [3.05, 3.63) is 58.4 Å². The fraction of sp³-hybridized carbons (Fsp3) is 0.278. The predicted molar refractivity (Wildman–Crippen MR) is 93.9 cm³/mol. The van der Waals surface area contributed by atoms with Crippen molar-refractivity contribution in [2.45, 2.75) is 26.7 Å². The lowest BCUT2D eigenvalue weighted by Gasteiger charge is -2.03. The summed E-state index contributed by atoms with van der Waals surface area (Å²) in [5.74, 6) is 0.678. The van der Waals surface area contributed by atoms with Crippen LogP contribution >= 0.6 is 11.3 Å². The molecule has 0 fully saturated rings. The molecular weight excluding hydrogens is 322 g/mol. The molecule has 0 aliphatic carbocycles. The van der Waals surface area contributed by atoms with Crippen molar-refractivity contribution in [1.82, 2.24) is 15.5 Å². The first-order valence-corrected chi connectivity index (χ1v) is 8.69. The summed E-state index contributed by atoms with van der Waals surface area (Å²) >= 11 is 1.62. The van der Waals surface area contributed by atoms with Gasteiger partial charge in [-0.2, -0.15) is 0 Å². The van der Waals surface area contributed by atoms with Gasteiger partial charge in [-0.1, -0.05) is 35.5 Å². The van der Waals surface area contributed by atoms with Gasteiger partial charge in [0.25, 0.3) is 0 Å². The number of nitrogens with one attached hydrogen (secondary N) is 1. The van der Waals surface area contributed by atoms with Gasteiger partial charge in [0.05, 0.1) is 17.8 Å². The average molecular weight is 341 g/mol. The number of amides is 1. The van der Waals surface area contributed by atoms with E-state index in [-0.39, 0.29) is 5.91 Å². The van der Waals surface area contributed by atoms with Crippen molar-refractivity contribution in [3.63, 3.8) is 0 Å². The Morgan fingerprint density at radius 2 is 2.04 bits per heavy atom. The first-order chi connectivity index (χ1) is 11.6. The third-order valence-corrected chi connectivity index (χ3v) is 4.73. The van der Waals surface area contributed by atoms with Crippen LogP contribution in [0.25, 0.3) is 10.6 Å². The Labute approximate surface area is 144 Å². The van der Waals surface area contributed by atoms with Crippen molar-refractivity contribution in [2.24, 2.45) is 0 Å². The Kier molecular flexibility index (Phi) is 5.05. The van der Waals surface area contributed by atoms with E-state index in [1.54, 1.807) is 11.3 Å². The van der Waals surface area contributed by atoms with Crippen LogP contribution in [0.15, 0.2) is 40.2 Å². The van der Waals surface area contributed by atoms with E-state index in [0.29, 0.717) is 18.7 Å². The molecule has 1 N–H and O–H groups in total. The summed E-state index contributed by atoms with van der Waals surface area (Å²) in [7, 11) is 0. The number of aryl methyl sites for hydroxylation is 2. The van der Waals surface area contributed by atoms with Crippen LogP contribution in [-0.4, -0.2) is 22.6 Å². The van der Waals surface area contributed by atoms with Crippen LogP contribution in [0.4, 0.5) is 0 Å². The molecule has 2 aromatic heterocycles. The third-order valence-electron chi connectivity index (χ3n) is 3.79. The van der Waals surface area contributed by atoms with Crippen LogP contribution in [0.2, 0.25) is 0 Å². The molecule has 0 unspecified atom stereocenters. The number of thiazole rings is 1. The highest BCUT2D eigenvalue weighted by molar-refractivity contribution is 7.13. The zero-order valence-corrected chi connectivity index (χ0v) is 14.5. The lowest BCUT2D eigenvalue weighted by molar-refractivity contribution is -0.120. The molecule has 0 aliphatic heterocycles. The molecule has 3 aromatic rings. The molecule has 0 saturated carbocycles. The minimum atomic E-state index is -0.0251. The van der Waals surface area contributed by atoms with Gasteiger partial charge >= 0.3 is 0 Å². The molecular formula is C18H19N3O2S. The van der Waals surface area contributed by atoms with Gasteiger partial charge < -0.3 is 9.84 Å². The van der Waals surface area contributed by atoms with E-state index in [0.717, 1.165) is 33.9 Å². The molecule has 3 rings (SSSR count). The number of hydrogen-bond acceptors (Lipinski definition) is 5. The van der Waals surface area contributed by atoms with E-state index in [1.165, 1.54) is 0 Å². The van der Waals surface area contributed by atoms with Gasteiger partial charge in [0.1, 0.15) is 10.8 Å². The Hall–Kier alpha value is -2.47. The number of aromatic nitrogens is 2. The SMILES string of the molecule is Cc1noc(C)c1CC(=O)NCCc1csc(-c2ccccc2)n1. The van der Waals surface area contributed by atoms with Gasteiger partial charge in [-0.05, 0) is 13.8 Å². The van der Waals surface area contributed by atoms with E-state index < -0.39 is 0 Å². The normalized spacial score (nSPS) is 10.8. The predicted octanol–water partition coefficient (Wildman–Crippen LogP) is 3.32. The van der Waals surface area contributed by atoms with E-state index in [9.17, 15) is 4.79 Å². The minimum Gasteiger partial charge on any atom is -0.361 e. The highest BCUT2D eigenvalue weighted by Crippen LogP contribution is 2.23. The fourth-order valence-electron chi connectivity index (χ4n) is 2.44. The van der Waals surface area contributed by atoms with Crippen LogP contribution in [-0.2, 0) is 17.6 Å². The Balaban J connectivity index is 1.50. The van der Waals surface area contributed by atoms with Crippen molar-refractivity contribution in [3.8, 4) is 10.6 Å². The van der Waals surface area contributed by atoms with Gasteiger partial charge in [-0.25, -0.2) is 4.98 Å². The zero-order valence-electron chi connectivity index (χ0n) is 13.7. The summed E-state index contributed by atoms with van der Waals surface area (Å²) < 4.78 is 5.08. The molecule has 0 atom stereocenters. The molecule has 0 spiro atoms. The molecule has 0 saturated heterocycles. The molecule has 6 heteroatoms. The molecule has 24 heavy (non-hydrogen) atoms. The summed E-state index contributed by atoms with van der Waals surface area (Å²) in [6.45, 7) is 4.24. The summed E-state index contributed by atoms with van der Waals surface area (Å²) in [5.41, 5.74) is 3.76. The number of benzene rings is 1. The topological polar surface area (TPSA) is 68.0 Å². The quantitative estimate of drug-likeness (QED) is 0.747. The zero-order chi connectivity index (χ0) is 16.9. The summed E-state index contributed by atoms with van der Waals surface area (Å²) in [5, 5.41) is 9.85. The van der Waals surface area contributed by atoms with E-state index in [1.807, 2.05) is 49.6 Å². The molecule has 124 valence electrons. The molecule has 0 aliphatic rings. The lowest BCUT2D eigenvalue weighted by atomic mass is 10.1. The second-order valence-corrected chi connectivity index (χ2v) is 6.45. The minimum absolute atomic E-state index is 0.0251.